The van der Waals surface area contributed by atoms with Crippen LogP contribution >= 0.6 is 11.6 Å². The monoisotopic (exact) mass is 254 g/mol. The van der Waals surface area contributed by atoms with Gasteiger partial charge in [0.05, 0.1) is 5.02 Å². The van der Waals surface area contributed by atoms with Crippen LogP contribution in [0.5, 0.6) is 5.75 Å². The fourth-order valence-electron chi connectivity index (χ4n) is 2.32. The molecule has 3 nitrogen and oxygen atoms in total. The first kappa shape index (κ1) is 12.5. The van der Waals surface area contributed by atoms with Crippen molar-refractivity contribution in [2.45, 2.75) is 12.8 Å². The molecule has 1 aliphatic heterocycles. The highest BCUT2D eigenvalue weighted by Crippen LogP contribution is 2.26. The van der Waals surface area contributed by atoms with Gasteiger partial charge in [-0.05, 0) is 50.6 Å². The molecule has 2 N–H and O–H groups in total. The van der Waals surface area contributed by atoms with Crippen molar-refractivity contribution >= 4 is 17.3 Å². The molecule has 1 aromatic rings. The van der Waals surface area contributed by atoms with Gasteiger partial charge in [0, 0.05) is 18.8 Å². The number of anilines is 1. The fourth-order valence-corrected chi connectivity index (χ4v) is 2.50. The maximum absolute atomic E-state index is 9.33. The maximum Gasteiger partial charge on any atom is 0.134 e. The van der Waals surface area contributed by atoms with Crippen LogP contribution in [0.1, 0.15) is 12.8 Å². The number of benzene rings is 1. The number of nitrogens with one attached hydrogen (secondary N) is 1. The van der Waals surface area contributed by atoms with E-state index in [0.29, 0.717) is 10.9 Å². The van der Waals surface area contributed by atoms with Crippen molar-refractivity contribution in [3.63, 3.8) is 0 Å². The van der Waals surface area contributed by atoms with E-state index in [2.05, 4.69) is 17.3 Å². The van der Waals surface area contributed by atoms with Crippen molar-refractivity contribution in [3.05, 3.63) is 23.2 Å². The number of phenolic OH excluding ortho intramolecular Hbond substituents is 1. The second-order valence-corrected chi connectivity index (χ2v) is 5.22. The first-order valence-corrected chi connectivity index (χ1v) is 6.44. The summed E-state index contributed by atoms with van der Waals surface area (Å²) in [5, 5.41) is 13.1. The zero-order valence-electron chi connectivity index (χ0n) is 10.1. The van der Waals surface area contributed by atoms with Gasteiger partial charge in [0.15, 0.2) is 0 Å². The first-order chi connectivity index (χ1) is 8.15. The molecule has 94 valence electrons. The van der Waals surface area contributed by atoms with Gasteiger partial charge in [-0.25, -0.2) is 0 Å². The third-order valence-electron chi connectivity index (χ3n) is 3.26. The van der Waals surface area contributed by atoms with Crippen LogP contribution in [0.3, 0.4) is 0 Å². The second-order valence-electron chi connectivity index (χ2n) is 4.82. The number of hydrogen-bond acceptors (Lipinski definition) is 3. The minimum atomic E-state index is 0.134. The molecule has 1 aromatic carbocycles. The Labute approximate surface area is 107 Å². The number of likely N-dealkylation sites (tertiary alicyclic amines) is 1. The highest BCUT2D eigenvalue weighted by atomic mass is 35.5. The molecule has 0 saturated carbocycles. The average molecular weight is 255 g/mol. The van der Waals surface area contributed by atoms with Gasteiger partial charge < -0.3 is 15.3 Å². The lowest BCUT2D eigenvalue weighted by molar-refractivity contribution is 0.217. The van der Waals surface area contributed by atoms with E-state index in [1.54, 1.807) is 12.1 Å². The number of phenols is 1. The molecule has 0 aliphatic carbocycles. The Bertz CT molecular complexity index is 384. The number of aromatic hydroxyl groups is 1. The summed E-state index contributed by atoms with van der Waals surface area (Å²) in [6.07, 6.45) is 2.56. The van der Waals surface area contributed by atoms with Gasteiger partial charge >= 0.3 is 0 Å². The van der Waals surface area contributed by atoms with E-state index in [1.165, 1.54) is 19.4 Å². The molecule has 1 aliphatic rings. The van der Waals surface area contributed by atoms with Crippen LogP contribution in [-0.4, -0.2) is 36.7 Å². The maximum atomic E-state index is 9.33. The zero-order valence-corrected chi connectivity index (χ0v) is 10.9. The summed E-state index contributed by atoms with van der Waals surface area (Å²) in [6.45, 7) is 3.33. The highest BCUT2D eigenvalue weighted by Gasteiger charge is 2.16. The quantitative estimate of drug-likeness (QED) is 0.815. The third-order valence-corrected chi connectivity index (χ3v) is 3.57. The lowest BCUT2D eigenvalue weighted by atomic mass is 9.98. The summed E-state index contributed by atoms with van der Waals surface area (Å²) >= 11 is 5.86. The largest absolute Gasteiger partial charge is 0.506 e. The van der Waals surface area contributed by atoms with Gasteiger partial charge in [-0.2, -0.15) is 0 Å². The summed E-state index contributed by atoms with van der Waals surface area (Å²) in [4.78, 5) is 2.37. The molecule has 1 unspecified atom stereocenters. The van der Waals surface area contributed by atoms with Crippen LogP contribution in [0.15, 0.2) is 18.2 Å². The number of rotatable bonds is 3. The number of nitrogens with zero attached hydrogens (tertiary/aromatic N) is 1. The van der Waals surface area contributed by atoms with Crippen LogP contribution in [0.25, 0.3) is 0 Å². The zero-order chi connectivity index (χ0) is 12.3. The van der Waals surface area contributed by atoms with Crippen molar-refractivity contribution in [2.24, 2.45) is 5.92 Å². The topological polar surface area (TPSA) is 35.5 Å². The van der Waals surface area contributed by atoms with E-state index in [0.717, 1.165) is 18.8 Å². The normalized spacial score (nSPS) is 21.4. The SMILES string of the molecule is CN1CCCC(CNc2ccc(O)c(Cl)c2)C1. The minimum Gasteiger partial charge on any atom is -0.506 e. The predicted molar refractivity (Wildman–Crippen MR) is 71.8 cm³/mol. The highest BCUT2D eigenvalue weighted by molar-refractivity contribution is 6.32. The Morgan fingerprint density at radius 3 is 3.06 bits per heavy atom. The van der Waals surface area contributed by atoms with Gasteiger partial charge in [0.25, 0.3) is 0 Å². The van der Waals surface area contributed by atoms with Crippen LogP contribution in [0.4, 0.5) is 5.69 Å². The van der Waals surface area contributed by atoms with Crippen LogP contribution < -0.4 is 5.32 Å². The summed E-state index contributed by atoms with van der Waals surface area (Å²) in [5.41, 5.74) is 0.973. The third kappa shape index (κ3) is 3.51. The second kappa shape index (κ2) is 5.61. The molecule has 0 spiro atoms. The average Bonchev–Trinajstić information content (AvgIpc) is 2.31. The van der Waals surface area contributed by atoms with Gasteiger partial charge in [-0.3, -0.25) is 0 Å². The van der Waals surface area contributed by atoms with Crippen molar-refractivity contribution in [1.29, 1.82) is 0 Å². The number of piperidine rings is 1. The Kier molecular flexibility index (Phi) is 4.13. The molecule has 17 heavy (non-hydrogen) atoms. The molecule has 2 rings (SSSR count). The van der Waals surface area contributed by atoms with Crippen molar-refractivity contribution < 1.29 is 5.11 Å². The Morgan fingerprint density at radius 1 is 1.53 bits per heavy atom. The molecule has 0 bridgehead atoms. The summed E-state index contributed by atoms with van der Waals surface area (Å²) in [5.74, 6) is 0.830. The van der Waals surface area contributed by atoms with E-state index in [1.807, 2.05) is 6.07 Å². The lowest BCUT2D eigenvalue weighted by Crippen LogP contribution is -2.35. The van der Waals surface area contributed by atoms with E-state index < -0.39 is 0 Å². The molecule has 0 amide bonds. The van der Waals surface area contributed by atoms with E-state index in [4.69, 9.17) is 11.6 Å². The molecule has 0 aromatic heterocycles. The van der Waals surface area contributed by atoms with E-state index in [-0.39, 0.29) is 5.75 Å². The molecular weight excluding hydrogens is 236 g/mol. The molecule has 1 fully saturated rings. The molecular formula is C13H19ClN2O. The Balaban J connectivity index is 1.86. The molecule has 1 heterocycles. The van der Waals surface area contributed by atoms with Crippen molar-refractivity contribution in [3.8, 4) is 5.75 Å². The number of hydrogen-bond donors (Lipinski definition) is 2. The standard InChI is InChI=1S/C13H19ClN2O/c1-16-6-2-3-10(9-16)8-15-11-4-5-13(17)12(14)7-11/h4-5,7,10,15,17H,2-3,6,8-9H2,1H3. The summed E-state index contributed by atoms with van der Waals surface area (Å²) in [7, 11) is 2.17. The first-order valence-electron chi connectivity index (χ1n) is 6.06. The smallest absolute Gasteiger partial charge is 0.134 e. The molecule has 0 radical (unpaired) electrons. The fraction of sp³-hybridized carbons (Fsp3) is 0.538. The van der Waals surface area contributed by atoms with Crippen LogP contribution in [-0.2, 0) is 0 Å². The Hall–Kier alpha value is -0.930. The summed E-state index contributed by atoms with van der Waals surface area (Å²) in [6, 6.07) is 5.24. The predicted octanol–water partition coefficient (Wildman–Crippen LogP) is 2.80. The lowest BCUT2D eigenvalue weighted by Gasteiger charge is -2.30. The molecule has 1 atom stereocenters. The van der Waals surface area contributed by atoms with Gasteiger partial charge in [0.1, 0.15) is 5.75 Å². The van der Waals surface area contributed by atoms with Crippen molar-refractivity contribution in [2.75, 3.05) is 32.0 Å². The van der Waals surface area contributed by atoms with Crippen molar-refractivity contribution in [1.82, 2.24) is 4.90 Å². The molecule has 1 saturated heterocycles. The van der Waals surface area contributed by atoms with E-state index in [9.17, 15) is 5.11 Å². The number of halogens is 1. The summed E-state index contributed by atoms with van der Waals surface area (Å²) < 4.78 is 0. The molecule has 4 heteroatoms. The van der Waals surface area contributed by atoms with E-state index >= 15 is 0 Å². The minimum absolute atomic E-state index is 0.134. The van der Waals surface area contributed by atoms with Gasteiger partial charge in [-0.1, -0.05) is 11.6 Å². The van der Waals surface area contributed by atoms with Crippen LogP contribution in [0, 0.1) is 5.92 Å². The van der Waals surface area contributed by atoms with Crippen LogP contribution in [0.2, 0.25) is 5.02 Å². The Morgan fingerprint density at radius 2 is 2.35 bits per heavy atom. The van der Waals surface area contributed by atoms with Gasteiger partial charge in [0.2, 0.25) is 0 Å². The van der Waals surface area contributed by atoms with Gasteiger partial charge in [-0.15, -0.1) is 0 Å².